The van der Waals surface area contributed by atoms with E-state index >= 15 is 0 Å². The predicted molar refractivity (Wildman–Crippen MR) is 72.5 cm³/mol. The van der Waals surface area contributed by atoms with Gasteiger partial charge in [0.15, 0.2) is 6.23 Å². The number of fused-ring (bicyclic) bond motifs is 1. The summed E-state index contributed by atoms with van der Waals surface area (Å²) in [5, 5.41) is 0. The fourth-order valence-corrected chi connectivity index (χ4v) is 2.53. The Hall–Kier alpha value is -2.20. The third-order valence-electron chi connectivity index (χ3n) is 3.49. The van der Waals surface area contributed by atoms with Gasteiger partial charge in [0.2, 0.25) is 0 Å². The van der Waals surface area contributed by atoms with Crippen molar-refractivity contribution in [3.05, 3.63) is 71.0 Å². The molecule has 1 aliphatic heterocycles. The van der Waals surface area contributed by atoms with Gasteiger partial charge in [-0.15, -0.1) is 0 Å². The summed E-state index contributed by atoms with van der Waals surface area (Å²) in [6.07, 6.45) is -0.385. The van der Waals surface area contributed by atoms with E-state index in [-0.39, 0.29) is 18.0 Å². The molecule has 0 unspecified atom stereocenters. The number of ether oxygens (including phenoxy) is 1. The zero-order chi connectivity index (χ0) is 14.1. The highest BCUT2D eigenvalue weighted by Crippen LogP contribution is 2.34. The van der Waals surface area contributed by atoms with Gasteiger partial charge in [-0.25, -0.2) is 4.39 Å². The molecule has 0 bridgehead atoms. The Bertz CT molecular complexity index is 639. The number of rotatable bonds is 3. The molecule has 1 aliphatic rings. The summed E-state index contributed by atoms with van der Waals surface area (Å²) in [7, 11) is 1.58. The molecule has 1 amide bonds. The molecule has 0 saturated heterocycles. The van der Waals surface area contributed by atoms with Gasteiger partial charge in [0.1, 0.15) is 5.82 Å². The number of methoxy groups -OCH3 is 1. The largest absolute Gasteiger partial charge is 0.357 e. The monoisotopic (exact) mass is 271 g/mol. The van der Waals surface area contributed by atoms with Crippen molar-refractivity contribution in [3.8, 4) is 0 Å². The van der Waals surface area contributed by atoms with Crippen molar-refractivity contribution in [2.24, 2.45) is 0 Å². The molecule has 4 heteroatoms. The third kappa shape index (κ3) is 2.08. The first-order valence-electron chi connectivity index (χ1n) is 6.38. The Morgan fingerprint density at radius 1 is 1.15 bits per heavy atom. The zero-order valence-electron chi connectivity index (χ0n) is 11.0. The number of nitrogens with zero attached hydrogens (tertiary/aromatic N) is 1. The maximum atomic E-state index is 12.9. The first-order chi connectivity index (χ1) is 9.70. The summed E-state index contributed by atoms with van der Waals surface area (Å²) in [6, 6.07) is 13.6. The van der Waals surface area contributed by atoms with Crippen LogP contribution >= 0.6 is 0 Å². The SMILES string of the molecule is CO[C@H]1c2ccccc2C(=O)N1Cc1ccc(F)cc1. The first-order valence-corrected chi connectivity index (χ1v) is 6.38. The van der Waals surface area contributed by atoms with Crippen molar-refractivity contribution in [2.75, 3.05) is 7.11 Å². The van der Waals surface area contributed by atoms with Gasteiger partial charge >= 0.3 is 0 Å². The Balaban J connectivity index is 1.91. The summed E-state index contributed by atoms with van der Waals surface area (Å²) in [6.45, 7) is 0.395. The molecule has 0 aliphatic carbocycles. The van der Waals surface area contributed by atoms with E-state index in [0.29, 0.717) is 12.1 Å². The van der Waals surface area contributed by atoms with Crippen molar-refractivity contribution >= 4 is 5.91 Å². The standard InChI is InChI=1S/C16H14FNO2/c1-20-16-14-5-3-2-4-13(14)15(19)18(16)10-11-6-8-12(17)9-7-11/h2-9,16H,10H2,1H3/t16-/m0/s1. The summed E-state index contributed by atoms with van der Waals surface area (Å²) in [4.78, 5) is 14.1. The Labute approximate surface area is 116 Å². The van der Waals surface area contributed by atoms with E-state index in [1.54, 1.807) is 30.2 Å². The maximum absolute atomic E-state index is 12.9. The summed E-state index contributed by atoms with van der Waals surface area (Å²) < 4.78 is 18.4. The number of hydrogen-bond donors (Lipinski definition) is 0. The van der Waals surface area contributed by atoms with Crippen LogP contribution in [0.15, 0.2) is 48.5 Å². The van der Waals surface area contributed by atoms with Gasteiger partial charge in [0.25, 0.3) is 5.91 Å². The molecule has 20 heavy (non-hydrogen) atoms. The predicted octanol–water partition coefficient (Wildman–Crippen LogP) is 3.13. The molecule has 3 rings (SSSR count). The van der Waals surface area contributed by atoms with E-state index in [4.69, 9.17) is 4.74 Å². The first kappa shape index (κ1) is 12.8. The molecule has 0 N–H and O–H groups in total. The van der Waals surface area contributed by atoms with Crippen LogP contribution in [0.4, 0.5) is 4.39 Å². The van der Waals surface area contributed by atoms with Crippen molar-refractivity contribution in [3.63, 3.8) is 0 Å². The van der Waals surface area contributed by atoms with Gasteiger partial charge in [-0.1, -0.05) is 30.3 Å². The van der Waals surface area contributed by atoms with Gasteiger partial charge in [-0.2, -0.15) is 0 Å². The molecule has 2 aromatic rings. The molecule has 0 saturated carbocycles. The Kier molecular flexibility index (Phi) is 3.24. The molecule has 1 heterocycles. The summed E-state index contributed by atoms with van der Waals surface area (Å²) in [5.74, 6) is -0.343. The van der Waals surface area contributed by atoms with Crippen LogP contribution in [0.1, 0.15) is 27.7 Å². The highest BCUT2D eigenvalue weighted by atomic mass is 19.1. The van der Waals surface area contributed by atoms with E-state index in [1.165, 1.54) is 12.1 Å². The normalized spacial score (nSPS) is 17.4. The molecule has 3 nitrogen and oxygen atoms in total. The van der Waals surface area contributed by atoms with Crippen LogP contribution in [-0.4, -0.2) is 17.9 Å². The number of halogens is 1. The molecule has 1 atom stereocenters. The van der Waals surface area contributed by atoms with Gasteiger partial charge in [-0.3, -0.25) is 4.79 Å². The fraction of sp³-hybridized carbons (Fsp3) is 0.188. The van der Waals surface area contributed by atoms with Crippen LogP contribution in [0.3, 0.4) is 0 Å². The number of amides is 1. The topological polar surface area (TPSA) is 29.5 Å². The molecule has 0 spiro atoms. The van der Waals surface area contributed by atoms with Crippen LogP contribution in [-0.2, 0) is 11.3 Å². The molecule has 0 fully saturated rings. The van der Waals surface area contributed by atoms with E-state index in [1.807, 2.05) is 18.2 Å². The fourth-order valence-electron chi connectivity index (χ4n) is 2.53. The lowest BCUT2D eigenvalue weighted by Gasteiger charge is -2.24. The highest BCUT2D eigenvalue weighted by Gasteiger charge is 2.36. The summed E-state index contributed by atoms with van der Waals surface area (Å²) in [5.41, 5.74) is 2.41. The van der Waals surface area contributed by atoms with E-state index in [0.717, 1.165) is 11.1 Å². The van der Waals surface area contributed by atoms with Gasteiger partial charge in [0, 0.05) is 24.8 Å². The quantitative estimate of drug-likeness (QED) is 0.858. The number of carbonyl (C=O) groups is 1. The van der Waals surface area contributed by atoms with Crippen LogP contribution in [0.2, 0.25) is 0 Å². The minimum atomic E-state index is -0.385. The lowest BCUT2D eigenvalue weighted by molar-refractivity contribution is -0.0162. The van der Waals surface area contributed by atoms with Crippen LogP contribution in [0.25, 0.3) is 0 Å². The number of carbonyl (C=O) groups excluding carboxylic acids is 1. The Morgan fingerprint density at radius 2 is 1.85 bits per heavy atom. The summed E-state index contributed by atoms with van der Waals surface area (Å²) >= 11 is 0. The minimum absolute atomic E-state index is 0.0585. The van der Waals surface area contributed by atoms with E-state index in [9.17, 15) is 9.18 Å². The second-order valence-corrected chi connectivity index (χ2v) is 4.73. The molecule has 2 aromatic carbocycles. The second kappa shape index (κ2) is 5.06. The van der Waals surface area contributed by atoms with Crippen LogP contribution in [0.5, 0.6) is 0 Å². The number of benzene rings is 2. The van der Waals surface area contributed by atoms with Crippen molar-refractivity contribution < 1.29 is 13.9 Å². The van der Waals surface area contributed by atoms with Gasteiger partial charge in [-0.05, 0) is 23.8 Å². The van der Waals surface area contributed by atoms with E-state index in [2.05, 4.69) is 0 Å². The van der Waals surface area contributed by atoms with Gasteiger partial charge in [0.05, 0.1) is 0 Å². The van der Waals surface area contributed by atoms with Crippen LogP contribution < -0.4 is 0 Å². The average molecular weight is 271 g/mol. The molecular formula is C16H14FNO2. The maximum Gasteiger partial charge on any atom is 0.256 e. The van der Waals surface area contributed by atoms with E-state index < -0.39 is 0 Å². The number of hydrogen-bond acceptors (Lipinski definition) is 2. The molecule has 0 aromatic heterocycles. The minimum Gasteiger partial charge on any atom is -0.357 e. The lowest BCUT2D eigenvalue weighted by Crippen LogP contribution is -2.28. The molecular weight excluding hydrogens is 257 g/mol. The smallest absolute Gasteiger partial charge is 0.256 e. The highest BCUT2D eigenvalue weighted by molar-refractivity contribution is 5.98. The van der Waals surface area contributed by atoms with Crippen LogP contribution in [0, 0.1) is 5.82 Å². The van der Waals surface area contributed by atoms with Gasteiger partial charge < -0.3 is 9.64 Å². The average Bonchev–Trinajstić information content (AvgIpc) is 2.74. The lowest BCUT2D eigenvalue weighted by atomic mass is 10.1. The van der Waals surface area contributed by atoms with Crippen molar-refractivity contribution in [1.29, 1.82) is 0 Å². The molecule has 0 radical (unpaired) electrons. The molecule has 102 valence electrons. The van der Waals surface area contributed by atoms with Crippen molar-refractivity contribution in [2.45, 2.75) is 12.8 Å². The zero-order valence-corrected chi connectivity index (χ0v) is 11.0. The second-order valence-electron chi connectivity index (χ2n) is 4.73. The Morgan fingerprint density at radius 3 is 2.55 bits per heavy atom. The van der Waals surface area contributed by atoms with Crippen molar-refractivity contribution in [1.82, 2.24) is 4.90 Å². The third-order valence-corrected chi connectivity index (χ3v) is 3.49.